The molecule has 0 aliphatic carbocycles. The van der Waals surface area contributed by atoms with Crippen molar-refractivity contribution >= 4 is 5.69 Å². The minimum Gasteiger partial charge on any atom is -0.399 e. The van der Waals surface area contributed by atoms with E-state index >= 15 is 0 Å². The van der Waals surface area contributed by atoms with Crippen LogP contribution in [0.25, 0.3) is 0 Å². The van der Waals surface area contributed by atoms with Crippen LogP contribution in [0.2, 0.25) is 0 Å². The van der Waals surface area contributed by atoms with Crippen LogP contribution in [0.3, 0.4) is 0 Å². The molecule has 4 nitrogen and oxygen atoms in total. The molecule has 0 heterocycles. The summed E-state index contributed by atoms with van der Waals surface area (Å²) < 4.78 is 10.5. The van der Waals surface area contributed by atoms with Crippen LogP contribution in [0.15, 0.2) is 24.3 Å². The van der Waals surface area contributed by atoms with Crippen molar-refractivity contribution in [3.8, 4) is 0 Å². The summed E-state index contributed by atoms with van der Waals surface area (Å²) in [6, 6.07) is 8.60. The summed E-state index contributed by atoms with van der Waals surface area (Å²) in [5.41, 5.74) is 7.90. The Morgan fingerprint density at radius 2 is 1.71 bits per heavy atom. The molecule has 0 aromatic heterocycles. The normalized spacial score (nSPS) is 14.3. The lowest BCUT2D eigenvalue weighted by Crippen LogP contribution is -2.39. The van der Waals surface area contributed by atoms with Crippen molar-refractivity contribution in [1.29, 1.82) is 0 Å². The third-order valence-electron chi connectivity index (χ3n) is 3.97. The van der Waals surface area contributed by atoms with Crippen molar-refractivity contribution in [2.24, 2.45) is 0 Å². The molecule has 0 spiro atoms. The van der Waals surface area contributed by atoms with E-state index in [4.69, 9.17) is 15.2 Å². The molecule has 2 N–H and O–H groups in total. The number of hydrogen-bond acceptors (Lipinski definition) is 4. The minimum absolute atomic E-state index is 0.406. The van der Waals surface area contributed by atoms with Crippen LogP contribution < -0.4 is 5.73 Å². The lowest BCUT2D eigenvalue weighted by atomic mass is 9.97. The Hall–Kier alpha value is -1.10. The van der Waals surface area contributed by atoms with Gasteiger partial charge >= 0.3 is 0 Å². The van der Waals surface area contributed by atoms with Crippen LogP contribution in [0.1, 0.15) is 31.7 Å². The molecule has 0 saturated carbocycles. The molecule has 0 radical (unpaired) electrons. The number of rotatable bonds is 10. The molecule has 120 valence electrons. The topological polar surface area (TPSA) is 47.7 Å². The smallest absolute Gasteiger partial charge is 0.0615 e. The fraction of sp³-hybridized carbons (Fsp3) is 0.647. The Kier molecular flexibility index (Phi) is 8.35. The number of nitrogens with zero attached hydrogens (tertiary/aromatic N) is 1. The highest BCUT2D eigenvalue weighted by molar-refractivity contribution is 5.40. The monoisotopic (exact) mass is 294 g/mol. The zero-order valence-corrected chi connectivity index (χ0v) is 13.8. The maximum absolute atomic E-state index is 5.74. The lowest BCUT2D eigenvalue weighted by molar-refractivity contribution is 0.0734. The van der Waals surface area contributed by atoms with Gasteiger partial charge in [0.2, 0.25) is 0 Å². The Bertz CT molecular complexity index is 381. The second kappa shape index (κ2) is 9.77. The van der Waals surface area contributed by atoms with Gasteiger partial charge in [0.05, 0.1) is 13.2 Å². The second-order valence-corrected chi connectivity index (χ2v) is 5.69. The van der Waals surface area contributed by atoms with Gasteiger partial charge in [0.1, 0.15) is 0 Å². The highest BCUT2D eigenvalue weighted by Crippen LogP contribution is 2.21. The lowest BCUT2D eigenvalue weighted by Gasteiger charge is -2.29. The molecule has 1 rings (SSSR count). The first-order valence-electron chi connectivity index (χ1n) is 7.65. The van der Waals surface area contributed by atoms with E-state index in [0.29, 0.717) is 12.0 Å². The molecule has 0 aliphatic rings. The van der Waals surface area contributed by atoms with Crippen molar-refractivity contribution in [2.45, 2.75) is 32.2 Å². The summed E-state index contributed by atoms with van der Waals surface area (Å²) in [4.78, 5) is 2.43. The molecule has 0 aliphatic heterocycles. The summed E-state index contributed by atoms with van der Waals surface area (Å²) in [5, 5.41) is 0. The van der Waals surface area contributed by atoms with E-state index in [1.165, 1.54) is 5.56 Å². The standard InChI is InChI=1S/C17H30N2O2/c1-14(16-5-7-17(18)8-6-16)9-10-19(11-12-20-3)15(2)13-21-4/h5-8,14-15H,9-13,18H2,1-4H3. The Morgan fingerprint density at radius 1 is 1.05 bits per heavy atom. The first-order chi connectivity index (χ1) is 10.1. The molecule has 0 saturated heterocycles. The number of anilines is 1. The predicted octanol–water partition coefficient (Wildman–Crippen LogP) is 2.75. The summed E-state index contributed by atoms with van der Waals surface area (Å²) in [6.07, 6.45) is 1.11. The fourth-order valence-corrected chi connectivity index (χ4v) is 2.46. The Morgan fingerprint density at radius 3 is 2.29 bits per heavy atom. The number of nitrogens with two attached hydrogens (primary N) is 1. The van der Waals surface area contributed by atoms with Gasteiger partial charge in [-0.25, -0.2) is 0 Å². The maximum atomic E-state index is 5.74. The highest BCUT2D eigenvalue weighted by Gasteiger charge is 2.15. The van der Waals surface area contributed by atoms with Crippen LogP contribution in [-0.4, -0.2) is 51.5 Å². The van der Waals surface area contributed by atoms with Gasteiger partial charge in [-0.05, 0) is 43.5 Å². The summed E-state index contributed by atoms with van der Waals surface area (Å²) in [7, 11) is 3.50. The van der Waals surface area contributed by atoms with E-state index in [1.54, 1.807) is 14.2 Å². The third-order valence-corrected chi connectivity index (χ3v) is 3.97. The number of ether oxygens (including phenoxy) is 2. The Balaban J connectivity index is 2.52. The van der Waals surface area contributed by atoms with Gasteiger partial charge in [0.15, 0.2) is 0 Å². The third kappa shape index (κ3) is 6.46. The molecular formula is C17H30N2O2. The van der Waals surface area contributed by atoms with Crippen LogP contribution in [0.5, 0.6) is 0 Å². The van der Waals surface area contributed by atoms with E-state index in [-0.39, 0.29) is 0 Å². The molecule has 21 heavy (non-hydrogen) atoms. The van der Waals surface area contributed by atoms with E-state index in [9.17, 15) is 0 Å². The van der Waals surface area contributed by atoms with Crippen molar-refractivity contribution < 1.29 is 9.47 Å². The molecule has 4 heteroatoms. The number of methoxy groups -OCH3 is 2. The van der Waals surface area contributed by atoms with E-state index in [1.807, 2.05) is 12.1 Å². The number of nitrogen functional groups attached to an aromatic ring is 1. The second-order valence-electron chi connectivity index (χ2n) is 5.69. The van der Waals surface area contributed by atoms with Crippen molar-refractivity contribution in [3.05, 3.63) is 29.8 Å². The average molecular weight is 294 g/mol. The highest BCUT2D eigenvalue weighted by atomic mass is 16.5. The molecule has 1 aromatic carbocycles. The first kappa shape index (κ1) is 18.0. The van der Waals surface area contributed by atoms with Gasteiger partial charge < -0.3 is 15.2 Å². The van der Waals surface area contributed by atoms with Crippen LogP contribution in [-0.2, 0) is 9.47 Å². The van der Waals surface area contributed by atoms with Crippen molar-refractivity contribution in [1.82, 2.24) is 4.90 Å². The molecule has 2 unspecified atom stereocenters. The van der Waals surface area contributed by atoms with Gasteiger partial charge in [-0.2, -0.15) is 0 Å². The van der Waals surface area contributed by atoms with E-state index in [0.717, 1.165) is 38.4 Å². The van der Waals surface area contributed by atoms with Crippen molar-refractivity contribution in [2.75, 3.05) is 46.3 Å². The zero-order chi connectivity index (χ0) is 15.7. The zero-order valence-electron chi connectivity index (χ0n) is 13.8. The number of benzene rings is 1. The number of hydrogen-bond donors (Lipinski definition) is 1. The average Bonchev–Trinajstić information content (AvgIpc) is 2.48. The minimum atomic E-state index is 0.406. The summed E-state index contributed by atoms with van der Waals surface area (Å²) in [5.74, 6) is 0.519. The molecule has 0 amide bonds. The van der Waals surface area contributed by atoms with Gasteiger partial charge in [-0.1, -0.05) is 19.1 Å². The molecule has 0 bridgehead atoms. The maximum Gasteiger partial charge on any atom is 0.0615 e. The van der Waals surface area contributed by atoms with Crippen LogP contribution >= 0.6 is 0 Å². The summed E-state index contributed by atoms with van der Waals surface area (Å²) in [6.45, 7) is 7.95. The van der Waals surface area contributed by atoms with Gasteiger partial charge in [-0.15, -0.1) is 0 Å². The van der Waals surface area contributed by atoms with E-state index < -0.39 is 0 Å². The molecule has 0 fully saturated rings. The molecule has 2 atom stereocenters. The largest absolute Gasteiger partial charge is 0.399 e. The van der Waals surface area contributed by atoms with E-state index in [2.05, 4.69) is 30.9 Å². The first-order valence-corrected chi connectivity index (χ1v) is 7.65. The predicted molar refractivity (Wildman–Crippen MR) is 88.7 cm³/mol. The van der Waals surface area contributed by atoms with Crippen molar-refractivity contribution in [3.63, 3.8) is 0 Å². The van der Waals surface area contributed by atoms with Gasteiger partial charge in [0.25, 0.3) is 0 Å². The van der Waals surface area contributed by atoms with Gasteiger partial charge in [0, 0.05) is 32.5 Å². The van der Waals surface area contributed by atoms with Crippen LogP contribution in [0.4, 0.5) is 5.69 Å². The SMILES string of the molecule is COCCN(CCC(C)c1ccc(N)cc1)C(C)COC. The van der Waals surface area contributed by atoms with Crippen LogP contribution in [0, 0.1) is 0 Å². The molecular weight excluding hydrogens is 264 g/mol. The Labute approximate surface area is 129 Å². The van der Waals surface area contributed by atoms with Gasteiger partial charge in [-0.3, -0.25) is 4.90 Å². The molecule has 1 aromatic rings. The summed E-state index contributed by atoms with van der Waals surface area (Å²) >= 11 is 0. The quantitative estimate of drug-likeness (QED) is 0.674. The fourth-order valence-electron chi connectivity index (χ4n) is 2.46.